The summed E-state index contributed by atoms with van der Waals surface area (Å²) in [7, 11) is 0. The number of alkyl halides is 3. The van der Waals surface area contributed by atoms with Crippen molar-refractivity contribution in [1.29, 1.82) is 0 Å². The zero-order chi connectivity index (χ0) is 11.9. The molecule has 0 aliphatic carbocycles. The molecule has 0 aromatic heterocycles. The molecule has 0 bridgehead atoms. The van der Waals surface area contributed by atoms with Gasteiger partial charge in [0, 0.05) is 19.7 Å². The number of aliphatic hydroxyl groups is 2. The number of aliphatic hydroxyl groups excluding tert-OH is 2. The highest BCUT2D eigenvalue weighted by molar-refractivity contribution is 4.69. The van der Waals surface area contributed by atoms with Gasteiger partial charge in [0.15, 0.2) is 6.10 Å². The third-order valence-electron chi connectivity index (χ3n) is 1.61. The third-order valence-corrected chi connectivity index (χ3v) is 1.61. The molecule has 0 aromatic rings. The van der Waals surface area contributed by atoms with Crippen molar-refractivity contribution in [3.63, 3.8) is 0 Å². The van der Waals surface area contributed by atoms with E-state index in [1.807, 2.05) is 0 Å². The Kier molecular flexibility index (Phi) is 6.82. The lowest BCUT2D eigenvalue weighted by Crippen LogP contribution is -2.41. The molecule has 0 amide bonds. The van der Waals surface area contributed by atoms with Crippen LogP contribution in [0.3, 0.4) is 0 Å². The van der Waals surface area contributed by atoms with Crippen LogP contribution in [0.15, 0.2) is 0 Å². The minimum atomic E-state index is -4.63. The Bertz CT molecular complexity index is 166. The Labute approximate surface area is 86.0 Å². The van der Waals surface area contributed by atoms with Crippen LogP contribution in [0.5, 0.6) is 0 Å². The molecule has 0 saturated heterocycles. The van der Waals surface area contributed by atoms with Gasteiger partial charge in [0.2, 0.25) is 0 Å². The summed E-state index contributed by atoms with van der Waals surface area (Å²) in [5, 5.41) is 20.0. The highest BCUT2D eigenvalue weighted by Crippen LogP contribution is 2.18. The normalized spacial score (nSPS) is 16.4. The molecule has 92 valence electrons. The van der Waals surface area contributed by atoms with Crippen LogP contribution in [0.1, 0.15) is 6.92 Å². The number of halogens is 3. The molecule has 0 fully saturated rings. The second-order valence-electron chi connectivity index (χ2n) is 3.03. The second kappa shape index (κ2) is 7.00. The molecule has 0 aromatic carbocycles. The highest BCUT2D eigenvalue weighted by Gasteiger charge is 2.37. The lowest BCUT2D eigenvalue weighted by molar-refractivity contribution is -0.202. The van der Waals surface area contributed by atoms with Crippen molar-refractivity contribution in [2.45, 2.75) is 25.3 Å². The summed E-state index contributed by atoms with van der Waals surface area (Å²) in [5.41, 5.74) is 0. The zero-order valence-corrected chi connectivity index (χ0v) is 8.42. The van der Waals surface area contributed by atoms with Crippen LogP contribution in [-0.2, 0) is 4.74 Å². The molecule has 3 N–H and O–H groups in total. The molecule has 7 heteroatoms. The van der Waals surface area contributed by atoms with Crippen molar-refractivity contribution in [2.75, 3.05) is 26.3 Å². The van der Waals surface area contributed by atoms with Crippen molar-refractivity contribution in [3.05, 3.63) is 0 Å². The van der Waals surface area contributed by atoms with Crippen LogP contribution < -0.4 is 5.32 Å². The minimum absolute atomic E-state index is 0.0485. The fourth-order valence-electron chi connectivity index (χ4n) is 0.815. The summed E-state index contributed by atoms with van der Waals surface area (Å²) in [6, 6.07) is 0. The number of rotatable bonds is 7. The summed E-state index contributed by atoms with van der Waals surface area (Å²) in [6.45, 7) is 1.56. The van der Waals surface area contributed by atoms with Crippen LogP contribution in [0.2, 0.25) is 0 Å². The fraction of sp³-hybridized carbons (Fsp3) is 1.00. The summed E-state index contributed by atoms with van der Waals surface area (Å²) >= 11 is 0. The van der Waals surface area contributed by atoms with Gasteiger partial charge in [-0.1, -0.05) is 0 Å². The predicted molar refractivity (Wildman–Crippen MR) is 47.4 cm³/mol. The zero-order valence-electron chi connectivity index (χ0n) is 8.42. The average Bonchev–Trinajstić information content (AvgIpc) is 2.13. The Morgan fingerprint density at radius 3 is 2.33 bits per heavy atom. The number of hydrogen-bond donors (Lipinski definition) is 3. The molecule has 0 aliphatic heterocycles. The number of nitrogens with one attached hydrogen (secondary N) is 1. The summed E-state index contributed by atoms with van der Waals surface area (Å²) in [5.74, 6) is 0. The Morgan fingerprint density at radius 1 is 1.27 bits per heavy atom. The topological polar surface area (TPSA) is 61.7 Å². The number of ether oxygens (including phenoxy) is 1. The van der Waals surface area contributed by atoms with E-state index in [9.17, 15) is 13.2 Å². The number of hydrogen-bond acceptors (Lipinski definition) is 4. The average molecular weight is 231 g/mol. The maximum absolute atomic E-state index is 11.8. The van der Waals surface area contributed by atoms with Gasteiger partial charge < -0.3 is 20.3 Å². The van der Waals surface area contributed by atoms with E-state index in [1.165, 1.54) is 0 Å². The van der Waals surface area contributed by atoms with E-state index in [0.717, 1.165) is 0 Å². The molecule has 0 spiro atoms. The van der Waals surface area contributed by atoms with Crippen LogP contribution in [-0.4, -0.2) is 54.9 Å². The molecule has 0 rings (SSSR count). The Morgan fingerprint density at radius 2 is 1.87 bits per heavy atom. The first-order valence-corrected chi connectivity index (χ1v) is 4.59. The smallest absolute Gasteiger partial charge is 0.389 e. The van der Waals surface area contributed by atoms with Crippen molar-refractivity contribution in [1.82, 2.24) is 5.32 Å². The highest BCUT2D eigenvalue weighted by atomic mass is 19.4. The van der Waals surface area contributed by atoms with Crippen LogP contribution in [0, 0.1) is 0 Å². The summed E-state index contributed by atoms with van der Waals surface area (Å²) < 4.78 is 40.2. The van der Waals surface area contributed by atoms with E-state index in [1.54, 1.807) is 6.92 Å². The Balaban J connectivity index is 3.52. The molecule has 2 atom stereocenters. The first-order chi connectivity index (χ1) is 6.88. The van der Waals surface area contributed by atoms with E-state index < -0.39 is 24.9 Å². The first kappa shape index (κ1) is 14.6. The van der Waals surface area contributed by atoms with E-state index in [0.29, 0.717) is 6.61 Å². The maximum atomic E-state index is 11.8. The van der Waals surface area contributed by atoms with Gasteiger partial charge in [-0.2, -0.15) is 13.2 Å². The van der Waals surface area contributed by atoms with Gasteiger partial charge in [0.05, 0.1) is 12.7 Å². The van der Waals surface area contributed by atoms with Gasteiger partial charge in [0.25, 0.3) is 0 Å². The standard InChI is InChI=1S/C8H16F3NO3/c1-2-15-5-6(13)3-12-4-7(14)8(9,10)11/h6-7,12-14H,2-5H2,1H3. The van der Waals surface area contributed by atoms with E-state index in [-0.39, 0.29) is 13.2 Å². The maximum Gasteiger partial charge on any atom is 0.415 e. The lowest BCUT2D eigenvalue weighted by Gasteiger charge is -2.16. The molecular weight excluding hydrogens is 215 g/mol. The van der Waals surface area contributed by atoms with Crippen molar-refractivity contribution >= 4 is 0 Å². The van der Waals surface area contributed by atoms with Crippen LogP contribution in [0.4, 0.5) is 13.2 Å². The quantitative estimate of drug-likeness (QED) is 0.572. The minimum Gasteiger partial charge on any atom is -0.389 e. The monoisotopic (exact) mass is 231 g/mol. The molecule has 0 saturated carbocycles. The molecule has 0 radical (unpaired) electrons. The molecule has 4 nitrogen and oxygen atoms in total. The lowest BCUT2D eigenvalue weighted by atomic mass is 10.3. The van der Waals surface area contributed by atoms with Gasteiger partial charge in [0.1, 0.15) is 0 Å². The van der Waals surface area contributed by atoms with Gasteiger partial charge in [-0.25, -0.2) is 0 Å². The SMILES string of the molecule is CCOCC(O)CNCC(O)C(F)(F)F. The van der Waals surface area contributed by atoms with Crippen molar-refractivity contribution in [3.8, 4) is 0 Å². The van der Waals surface area contributed by atoms with Crippen molar-refractivity contribution < 1.29 is 28.1 Å². The van der Waals surface area contributed by atoms with Crippen LogP contribution in [0.25, 0.3) is 0 Å². The molecule has 2 unspecified atom stereocenters. The van der Waals surface area contributed by atoms with Crippen LogP contribution >= 0.6 is 0 Å². The fourth-order valence-corrected chi connectivity index (χ4v) is 0.815. The molecule has 15 heavy (non-hydrogen) atoms. The summed E-state index contributed by atoms with van der Waals surface area (Å²) in [4.78, 5) is 0. The second-order valence-corrected chi connectivity index (χ2v) is 3.03. The van der Waals surface area contributed by atoms with Gasteiger partial charge >= 0.3 is 6.18 Å². The van der Waals surface area contributed by atoms with Gasteiger partial charge in [-0.15, -0.1) is 0 Å². The Hall–Kier alpha value is -0.370. The largest absolute Gasteiger partial charge is 0.415 e. The van der Waals surface area contributed by atoms with E-state index in [2.05, 4.69) is 5.32 Å². The van der Waals surface area contributed by atoms with Gasteiger partial charge in [-0.05, 0) is 6.92 Å². The third kappa shape index (κ3) is 7.55. The molecular formula is C8H16F3NO3. The van der Waals surface area contributed by atoms with E-state index in [4.69, 9.17) is 14.9 Å². The molecule has 0 heterocycles. The van der Waals surface area contributed by atoms with Gasteiger partial charge in [-0.3, -0.25) is 0 Å². The van der Waals surface area contributed by atoms with E-state index >= 15 is 0 Å². The molecule has 0 aliphatic rings. The predicted octanol–water partition coefficient (Wildman–Crippen LogP) is -0.103. The summed E-state index contributed by atoms with van der Waals surface area (Å²) in [6.07, 6.45) is -7.90. The van der Waals surface area contributed by atoms with Crippen molar-refractivity contribution in [2.24, 2.45) is 0 Å². The first-order valence-electron chi connectivity index (χ1n) is 4.59.